The van der Waals surface area contributed by atoms with E-state index < -0.39 is 29.2 Å². The molecule has 0 aromatic heterocycles. The minimum Gasteiger partial charge on any atom is -0.480 e. The van der Waals surface area contributed by atoms with Crippen LogP contribution < -0.4 is 10.6 Å². The first kappa shape index (κ1) is 21.5. The summed E-state index contributed by atoms with van der Waals surface area (Å²) in [6.07, 6.45) is 0.664. The molecule has 7 heteroatoms. The van der Waals surface area contributed by atoms with Crippen LogP contribution in [-0.2, 0) is 27.2 Å². The van der Waals surface area contributed by atoms with Crippen LogP contribution in [-0.4, -0.2) is 40.2 Å². The molecule has 3 N–H and O–H groups in total. The molecule has 28 heavy (non-hydrogen) atoms. The lowest BCUT2D eigenvalue weighted by Crippen LogP contribution is -2.53. The second-order valence-electron chi connectivity index (χ2n) is 6.52. The van der Waals surface area contributed by atoms with Gasteiger partial charge >= 0.3 is 5.97 Å². The number of hydrogen-bond acceptors (Lipinski definition) is 4. The molecule has 0 heterocycles. The fourth-order valence-electron chi connectivity index (χ4n) is 2.63. The molecule has 0 saturated carbocycles. The van der Waals surface area contributed by atoms with Crippen molar-refractivity contribution in [1.29, 1.82) is 0 Å². The van der Waals surface area contributed by atoms with Crippen LogP contribution in [0.5, 0.6) is 0 Å². The Labute approximate surface area is 169 Å². The van der Waals surface area contributed by atoms with Crippen LogP contribution >= 0.6 is 12.6 Å². The number of amides is 2. The predicted octanol–water partition coefficient (Wildman–Crippen LogP) is 1.84. The van der Waals surface area contributed by atoms with Gasteiger partial charge in [-0.25, -0.2) is 0 Å². The Morgan fingerprint density at radius 2 is 1.36 bits per heavy atom. The van der Waals surface area contributed by atoms with Crippen molar-refractivity contribution in [2.75, 3.05) is 0 Å². The second-order valence-corrected chi connectivity index (χ2v) is 7.15. The number of carboxylic acid groups (broad SMARTS) is 1. The Bertz CT molecular complexity index is 799. The van der Waals surface area contributed by atoms with Crippen molar-refractivity contribution in [1.82, 2.24) is 10.6 Å². The van der Waals surface area contributed by atoms with Crippen LogP contribution in [0.2, 0.25) is 0 Å². The Morgan fingerprint density at radius 3 is 1.86 bits per heavy atom. The third-order valence-corrected chi connectivity index (χ3v) is 4.64. The molecule has 1 unspecified atom stereocenters. The lowest BCUT2D eigenvalue weighted by Gasteiger charge is -2.22. The van der Waals surface area contributed by atoms with Crippen LogP contribution in [0.15, 0.2) is 60.7 Å². The molecular weight excluding hydrogens is 376 g/mol. The lowest BCUT2D eigenvalue weighted by molar-refractivity contribution is -0.141. The molecule has 2 aromatic rings. The Hall–Kier alpha value is -2.80. The maximum absolute atomic E-state index is 12.6. The molecule has 6 nitrogen and oxygen atoms in total. The summed E-state index contributed by atoms with van der Waals surface area (Å²) in [5.74, 6) is -2.08. The van der Waals surface area contributed by atoms with Crippen molar-refractivity contribution in [2.45, 2.75) is 37.1 Å². The Balaban J connectivity index is 2.07. The number of aliphatic carboxylic acids is 1. The van der Waals surface area contributed by atoms with Gasteiger partial charge in [-0.2, -0.15) is 12.6 Å². The van der Waals surface area contributed by atoms with Crippen LogP contribution in [0.1, 0.15) is 18.1 Å². The van der Waals surface area contributed by atoms with Crippen molar-refractivity contribution in [3.63, 3.8) is 0 Å². The first-order valence-electron chi connectivity index (χ1n) is 8.96. The summed E-state index contributed by atoms with van der Waals surface area (Å²) in [5, 5.41) is 13.5. The summed E-state index contributed by atoms with van der Waals surface area (Å²) < 4.78 is 0. The Kier molecular flexibility index (Phi) is 8.07. The van der Waals surface area contributed by atoms with E-state index in [1.54, 1.807) is 0 Å². The van der Waals surface area contributed by atoms with Crippen LogP contribution in [0.4, 0.5) is 0 Å². The highest BCUT2D eigenvalue weighted by Crippen LogP contribution is 2.10. The highest BCUT2D eigenvalue weighted by molar-refractivity contribution is 7.81. The molecular formula is C21H24N2O4S. The van der Waals surface area contributed by atoms with Gasteiger partial charge in [-0.1, -0.05) is 60.7 Å². The van der Waals surface area contributed by atoms with Gasteiger partial charge in [-0.3, -0.25) is 14.4 Å². The van der Waals surface area contributed by atoms with E-state index in [0.29, 0.717) is 6.42 Å². The summed E-state index contributed by atoms with van der Waals surface area (Å²) in [4.78, 5) is 36.2. The molecule has 2 aromatic carbocycles. The molecule has 0 aliphatic carbocycles. The zero-order valence-electron chi connectivity index (χ0n) is 15.5. The number of thiol groups is 1. The number of carbonyl (C=O) groups excluding carboxylic acids is 2. The molecule has 2 rings (SSSR count). The average Bonchev–Trinajstić information content (AvgIpc) is 2.68. The highest BCUT2D eigenvalue weighted by atomic mass is 32.1. The zero-order valence-corrected chi connectivity index (χ0v) is 16.4. The number of rotatable bonds is 9. The molecule has 2 amide bonds. The maximum atomic E-state index is 12.6. The van der Waals surface area contributed by atoms with E-state index in [-0.39, 0.29) is 12.3 Å². The SMILES string of the molecule is C[C@H](NC(=O)[C@H](Cc1ccccc1)NC(=O)C(S)Cc1ccccc1)C(=O)O. The standard InChI is InChI=1S/C21H24N2O4S/c1-14(21(26)27)22-19(24)17(12-15-8-4-2-5-9-15)23-20(25)18(28)13-16-10-6-3-7-11-16/h2-11,14,17-18,28H,12-13H2,1H3,(H,22,24)(H,23,25)(H,26,27)/t14-,17-,18?/m0/s1. The highest BCUT2D eigenvalue weighted by Gasteiger charge is 2.26. The van der Waals surface area contributed by atoms with Crippen molar-refractivity contribution in [3.8, 4) is 0 Å². The third-order valence-electron chi connectivity index (χ3n) is 4.22. The third kappa shape index (κ3) is 6.74. The van der Waals surface area contributed by atoms with Crippen molar-refractivity contribution >= 4 is 30.4 Å². The lowest BCUT2D eigenvalue weighted by atomic mass is 10.0. The minimum atomic E-state index is -1.14. The topological polar surface area (TPSA) is 95.5 Å². The van der Waals surface area contributed by atoms with E-state index in [1.807, 2.05) is 60.7 Å². The van der Waals surface area contributed by atoms with Gasteiger partial charge in [0.05, 0.1) is 5.25 Å². The van der Waals surface area contributed by atoms with Gasteiger partial charge in [-0.15, -0.1) is 0 Å². The second kappa shape index (κ2) is 10.5. The van der Waals surface area contributed by atoms with E-state index in [1.165, 1.54) is 6.92 Å². The van der Waals surface area contributed by atoms with Gasteiger partial charge < -0.3 is 15.7 Å². The number of carbonyl (C=O) groups is 3. The largest absolute Gasteiger partial charge is 0.480 e. The fraction of sp³-hybridized carbons (Fsp3) is 0.286. The van der Waals surface area contributed by atoms with Crippen LogP contribution in [0.25, 0.3) is 0 Å². The number of carboxylic acids is 1. The number of benzene rings is 2. The first-order chi connectivity index (χ1) is 13.4. The summed E-state index contributed by atoms with van der Waals surface area (Å²) in [6.45, 7) is 1.37. The molecule has 0 saturated heterocycles. The van der Waals surface area contributed by atoms with Gasteiger partial charge in [0.25, 0.3) is 0 Å². The van der Waals surface area contributed by atoms with Gasteiger partial charge in [0.15, 0.2) is 0 Å². The van der Waals surface area contributed by atoms with Crippen LogP contribution in [0, 0.1) is 0 Å². The van der Waals surface area contributed by atoms with E-state index in [9.17, 15) is 14.4 Å². The molecule has 0 aliphatic rings. The van der Waals surface area contributed by atoms with Crippen molar-refractivity contribution in [3.05, 3.63) is 71.8 Å². The Morgan fingerprint density at radius 1 is 0.857 bits per heavy atom. The summed E-state index contributed by atoms with van der Waals surface area (Å²) in [6, 6.07) is 16.7. The van der Waals surface area contributed by atoms with Crippen molar-refractivity contribution in [2.24, 2.45) is 0 Å². The summed E-state index contributed by atoms with van der Waals surface area (Å²) in [7, 11) is 0. The quantitative estimate of drug-likeness (QED) is 0.483. The van der Waals surface area contributed by atoms with E-state index in [0.717, 1.165) is 11.1 Å². The van der Waals surface area contributed by atoms with Gasteiger partial charge in [0, 0.05) is 6.42 Å². The van der Waals surface area contributed by atoms with Gasteiger partial charge in [0.1, 0.15) is 12.1 Å². The van der Waals surface area contributed by atoms with E-state index >= 15 is 0 Å². The molecule has 148 valence electrons. The number of nitrogens with one attached hydrogen (secondary N) is 2. The predicted molar refractivity (Wildman–Crippen MR) is 110 cm³/mol. The molecule has 3 atom stereocenters. The molecule has 0 radical (unpaired) electrons. The summed E-state index contributed by atoms with van der Waals surface area (Å²) in [5.41, 5.74) is 1.81. The van der Waals surface area contributed by atoms with Gasteiger partial charge in [0.2, 0.25) is 11.8 Å². The molecule has 0 aliphatic heterocycles. The summed E-state index contributed by atoms with van der Waals surface area (Å²) >= 11 is 4.37. The van der Waals surface area contributed by atoms with E-state index in [4.69, 9.17) is 5.11 Å². The van der Waals surface area contributed by atoms with Crippen molar-refractivity contribution < 1.29 is 19.5 Å². The smallest absolute Gasteiger partial charge is 0.325 e. The fourth-order valence-corrected chi connectivity index (χ4v) is 2.92. The first-order valence-corrected chi connectivity index (χ1v) is 9.48. The van der Waals surface area contributed by atoms with E-state index in [2.05, 4.69) is 23.3 Å². The zero-order chi connectivity index (χ0) is 20.5. The van der Waals surface area contributed by atoms with Gasteiger partial charge in [-0.05, 0) is 24.5 Å². The molecule has 0 fully saturated rings. The minimum absolute atomic E-state index is 0.247. The molecule has 0 bridgehead atoms. The normalized spacial score (nSPS) is 13.8. The average molecular weight is 401 g/mol. The monoisotopic (exact) mass is 400 g/mol. The number of hydrogen-bond donors (Lipinski definition) is 4. The van der Waals surface area contributed by atoms with Crippen LogP contribution in [0.3, 0.4) is 0 Å². The molecule has 0 spiro atoms. The maximum Gasteiger partial charge on any atom is 0.325 e.